The monoisotopic (exact) mass is 301 g/mol. The van der Waals surface area contributed by atoms with Gasteiger partial charge in [0.1, 0.15) is 5.56 Å². The first-order chi connectivity index (χ1) is 10.0. The maximum absolute atomic E-state index is 11.8. The minimum atomic E-state index is -0.367. The molecule has 3 aromatic rings. The standard InChI is InChI=1S/C15H15N3O2S/c1-8-5-6-11-12(7-8)21-15(16-11)18-10(3)13(9(2)17-18)14(19)20-4/h5-7H,1-4H3. The van der Waals surface area contributed by atoms with Crippen LogP contribution in [-0.2, 0) is 4.74 Å². The Hall–Kier alpha value is -2.21. The van der Waals surface area contributed by atoms with Crippen molar-refractivity contribution in [2.45, 2.75) is 20.8 Å². The molecule has 2 heterocycles. The highest BCUT2D eigenvalue weighted by Gasteiger charge is 2.21. The fourth-order valence-electron chi connectivity index (χ4n) is 2.34. The molecule has 108 valence electrons. The number of esters is 1. The Labute approximate surface area is 126 Å². The van der Waals surface area contributed by atoms with Gasteiger partial charge in [0.15, 0.2) is 0 Å². The van der Waals surface area contributed by atoms with Gasteiger partial charge >= 0.3 is 5.97 Å². The van der Waals surface area contributed by atoms with Crippen molar-refractivity contribution in [2.24, 2.45) is 0 Å². The summed E-state index contributed by atoms with van der Waals surface area (Å²) in [5.41, 5.74) is 4.03. The SMILES string of the molecule is COC(=O)c1c(C)nn(-c2nc3ccc(C)cc3s2)c1C. The summed E-state index contributed by atoms with van der Waals surface area (Å²) in [6.07, 6.45) is 0. The second-order valence-electron chi connectivity index (χ2n) is 4.92. The average Bonchev–Trinajstić information content (AvgIpc) is 2.98. The van der Waals surface area contributed by atoms with Crippen molar-refractivity contribution in [3.8, 4) is 5.13 Å². The van der Waals surface area contributed by atoms with Crippen LogP contribution in [0.3, 0.4) is 0 Å². The first-order valence-electron chi connectivity index (χ1n) is 6.53. The molecule has 0 saturated carbocycles. The highest BCUT2D eigenvalue weighted by molar-refractivity contribution is 7.20. The zero-order chi connectivity index (χ0) is 15.1. The Balaban J connectivity index is 2.17. The van der Waals surface area contributed by atoms with Gasteiger partial charge in [0.05, 0.1) is 28.7 Å². The van der Waals surface area contributed by atoms with E-state index in [4.69, 9.17) is 4.74 Å². The van der Waals surface area contributed by atoms with E-state index in [2.05, 4.69) is 23.1 Å². The largest absolute Gasteiger partial charge is 0.465 e. The van der Waals surface area contributed by atoms with E-state index >= 15 is 0 Å². The Kier molecular flexibility index (Phi) is 3.25. The number of ether oxygens (including phenoxy) is 1. The van der Waals surface area contributed by atoms with E-state index in [0.717, 1.165) is 21.0 Å². The van der Waals surface area contributed by atoms with Crippen molar-refractivity contribution in [1.82, 2.24) is 14.8 Å². The zero-order valence-electron chi connectivity index (χ0n) is 12.3. The van der Waals surface area contributed by atoms with Gasteiger partial charge in [-0.05, 0) is 38.5 Å². The molecule has 0 bridgehead atoms. The number of hydrogen-bond acceptors (Lipinski definition) is 5. The predicted molar refractivity (Wildman–Crippen MR) is 82.3 cm³/mol. The maximum Gasteiger partial charge on any atom is 0.341 e. The third-order valence-electron chi connectivity index (χ3n) is 3.39. The Morgan fingerprint density at radius 2 is 2.05 bits per heavy atom. The number of rotatable bonds is 2. The topological polar surface area (TPSA) is 57.0 Å². The van der Waals surface area contributed by atoms with E-state index in [1.165, 1.54) is 12.7 Å². The fourth-order valence-corrected chi connectivity index (χ4v) is 3.40. The number of nitrogens with zero attached hydrogens (tertiary/aromatic N) is 3. The minimum Gasteiger partial charge on any atom is -0.465 e. The van der Waals surface area contributed by atoms with Gasteiger partial charge in [0.25, 0.3) is 0 Å². The van der Waals surface area contributed by atoms with Crippen LogP contribution in [0.5, 0.6) is 0 Å². The van der Waals surface area contributed by atoms with Gasteiger partial charge in [-0.3, -0.25) is 0 Å². The third kappa shape index (κ3) is 2.21. The molecule has 5 nitrogen and oxygen atoms in total. The lowest BCUT2D eigenvalue weighted by Crippen LogP contribution is -2.05. The van der Waals surface area contributed by atoms with Crippen LogP contribution in [-0.4, -0.2) is 27.8 Å². The van der Waals surface area contributed by atoms with Crippen molar-refractivity contribution in [1.29, 1.82) is 0 Å². The van der Waals surface area contributed by atoms with Crippen molar-refractivity contribution in [2.75, 3.05) is 7.11 Å². The first-order valence-corrected chi connectivity index (χ1v) is 7.35. The summed E-state index contributed by atoms with van der Waals surface area (Å²) in [6.45, 7) is 5.70. The van der Waals surface area contributed by atoms with Gasteiger partial charge < -0.3 is 4.74 Å². The van der Waals surface area contributed by atoms with Crippen LogP contribution in [0, 0.1) is 20.8 Å². The quantitative estimate of drug-likeness (QED) is 0.682. The number of carbonyl (C=O) groups is 1. The minimum absolute atomic E-state index is 0.367. The van der Waals surface area contributed by atoms with E-state index in [9.17, 15) is 4.79 Å². The molecule has 0 N–H and O–H groups in total. The first kappa shape index (κ1) is 13.8. The Morgan fingerprint density at radius 3 is 2.76 bits per heavy atom. The molecule has 0 amide bonds. The molecule has 0 aliphatic carbocycles. The molecule has 0 atom stereocenters. The molecule has 0 aliphatic rings. The summed E-state index contributed by atoms with van der Waals surface area (Å²) < 4.78 is 7.63. The van der Waals surface area contributed by atoms with E-state index in [1.807, 2.05) is 19.1 Å². The predicted octanol–water partition coefficient (Wildman–Crippen LogP) is 3.19. The molecule has 0 spiro atoms. The number of aromatic nitrogens is 3. The zero-order valence-corrected chi connectivity index (χ0v) is 13.1. The number of carbonyl (C=O) groups excluding carboxylic acids is 1. The lowest BCUT2D eigenvalue weighted by atomic mass is 10.2. The molecule has 0 saturated heterocycles. The second-order valence-corrected chi connectivity index (χ2v) is 5.93. The van der Waals surface area contributed by atoms with Crippen LogP contribution in [0.25, 0.3) is 15.3 Å². The van der Waals surface area contributed by atoms with E-state index in [0.29, 0.717) is 11.3 Å². The molecule has 1 aromatic carbocycles. The van der Waals surface area contributed by atoms with Crippen LogP contribution in [0.1, 0.15) is 27.3 Å². The smallest absolute Gasteiger partial charge is 0.341 e. The number of aryl methyl sites for hydroxylation is 2. The van der Waals surface area contributed by atoms with E-state index < -0.39 is 0 Å². The van der Waals surface area contributed by atoms with E-state index in [-0.39, 0.29) is 5.97 Å². The molecule has 0 radical (unpaired) electrons. The average molecular weight is 301 g/mol. The molecule has 21 heavy (non-hydrogen) atoms. The summed E-state index contributed by atoms with van der Waals surface area (Å²) >= 11 is 1.56. The molecular weight excluding hydrogens is 286 g/mol. The molecule has 6 heteroatoms. The van der Waals surface area contributed by atoms with Gasteiger partial charge in [0, 0.05) is 0 Å². The summed E-state index contributed by atoms with van der Waals surface area (Å²) in [4.78, 5) is 16.4. The van der Waals surface area contributed by atoms with Crippen molar-refractivity contribution >= 4 is 27.5 Å². The van der Waals surface area contributed by atoms with Crippen LogP contribution in [0.15, 0.2) is 18.2 Å². The summed E-state index contributed by atoms with van der Waals surface area (Å²) in [7, 11) is 1.37. The van der Waals surface area contributed by atoms with Crippen molar-refractivity contribution in [3.05, 3.63) is 40.7 Å². The molecule has 3 rings (SSSR count). The van der Waals surface area contributed by atoms with Crippen molar-refractivity contribution in [3.63, 3.8) is 0 Å². The number of benzene rings is 1. The van der Waals surface area contributed by atoms with Gasteiger partial charge in [-0.25, -0.2) is 14.5 Å². The van der Waals surface area contributed by atoms with Gasteiger partial charge in [-0.1, -0.05) is 17.4 Å². The highest BCUT2D eigenvalue weighted by Crippen LogP contribution is 2.27. The normalized spacial score (nSPS) is 11.0. The summed E-state index contributed by atoms with van der Waals surface area (Å²) in [5.74, 6) is -0.367. The van der Waals surface area contributed by atoms with Crippen LogP contribution in [0.4, 0.5) is 0 Å². The number of thiazole rings is 1. The van der Waals surface area contributed by atoms with Gasteiger partial charge in [-0.2, -0.15) is 5.10 Å². The Bertz CT molecular complexity index is 848. The van der Waals surface area contributed by atoms with Crippen LogP contribution >= 0.6 is 11.3 Å². The summed E-state index contributed by atoms with van der Waals surface area (Å²) in [5, 5.41) is 5.19. The summed E-state index contributed by atoms with van der Waals surface area (Å²) in [6, 6.07) is 6.13. The molecule has 0 unspecified atom stereocenters. The Morgan fingerprint density at radius 1 is 1.29 bits per heavy atom. The highest BCUT2D eigenvalue weighted by atomic mass is 32.1. The number of methoxy groups -OCH3 is 1. The lowest BCUT2D eigenvalue weighted by Gasteiger charge is -2.00. The fraction of sp³-hybridized carbons (Fsp3) is 0.267. The number of hydrogen-bond donors (Lipinski definition) is 0. The second kappa shape index (κ2) is 4.96. The van der Waals surface area contributed by atoms with Crippen molar-refractivity contribution < 1.29 is 9.53 Å². The van der Waals surface area contributed by atoms with Gasteiger partial charge in [-0.15, -0.1) is 0 Å². The lowest BCUT2D eigenvalue weighted by molar-refractivity contribution is 0.0599. The molecule has 0 aliphatic heterocycles. The molecule has 2 aromatic heterocycles. The van der Waals surface area contributed by atoms with Crippen LogP contribution < -0.4 is 0 Å². The third-order valence-corrected chi connectivity index (χ3v) is 4.39. The molecular formula is C15H15N3O2S. The van der Waals surface area contributed by atoms with Gasteiger partial charge in [0.2, 0.25) is 5.13 Å². The maximum atomic E-state index is 11.8. The van der Waals surface area contributed by atoms with E-state index in [1.54, 1.807) is 22.9 Å². The number of fused-ring (bicyclic) bond motifs is 1. The van der Waals surface area contributed by atoms with Crippen LogP contribution in [0.2, 0.25) is 0 Å². The molecule has 0 fully saturated rings.